The van der Waals surface area contributed by atoms with E-state index in [0.29, 0.717) is 32.5 Å². The first-order valence-electron chi connectivity index (χ1n) is 9.79. The van der Waals surface area contributed by atoms with Gasteiger partial charge in [0.15, 0.2) is 0 Å². The molecule has 2 aromatic carbocycles. The predicted octanol–water partition coefficient (Wildman–Crippen LogP) is 3.20. The van der Waals surface area contributed by atoms with Crippen molar-refractivity contribution in [2.45, 2.75) is 32.2 Å². The molecule has 0 bridgehead atoms. The zero-order chi connectivity index (χ0) is 20.0. The number of carbonyl (C=O) groups is 1. The largest absolute Gasteiger partial charge is 0.497 e. The number of carbonyl (C=O) groups excluding carboxylic acids is 1. The maximum Gasteiger partial charge on any atom is 0.227 e. The Morgan fingerprint density at radius 3 is 2.54 bits per heavy atom. The molecule has 1 atom stereocenters. The fourth-order valence-electron chi connectivity index (χ4n) is 3.70. The lowest BCUT2D eigenvalue weighted by molar-refractivity contribution is -0.137. The molecule has 5 nitrogen and oxygen atoms in total. The number of benzene rings is 2. The van der Waals surface area contributed by atoms with Gasteiger partial charge in [-0.25, -0.2) is 0 Å². The van der Waals surface area contributed by atoms with Crippen LogP contribution in [0, 0.1) is 5.41 Å². The minimum Gasteiger partial charge on any atom is -0.497 e. The van der Waals surface area contributed by atoms with Crippen LogP contribution in [0.5, 0.6) is 5.75 Å². The number of hydrogen-bond acceptors (Lipinski definition) is 4. The summed E-state index contributed by atoms with van der Waals surface area (Å²) in [5.74, 6) is 0.836. The van der Waals surface area contributed by atoms with Crippen LogP contribution in [0.4, 0.5) is 0 Å². The number of methoxy groups -OCH3 is 1. The summed E-state index contributed by atoms with van der Waals surface area (Å²) in [6, 6.07) is 16.1. The smallest absolute Gasteiger partial charge is 0.227 e. The van der Waals surface area contributed by atoms with E-state index in [4.69, 9.17) is 9.47 Å². The van der Waals surface area contributed by atoms with Gasteiger partial charge < -0.3 is 19.9 Å². The number of amides is 1. The Kier molecular flexibility index (Phi) is 6.70. The van der Waals surface area contributed by atoms with Crippen LogP contribution >= 0.6 is 0 Å². The highest BCUT2D eigenvalue weighted by molar-refractivity contribution is 5.83. The van der Waals surface area contributed by atoms with Gasteiger partial charge in [0.05, 0.1) is 19.1 Å². The summed E-state index contributed by atoms with van der Waals surface area (Å²) in [5, 5.41) is 12.3. The van der Waals surface area contributed by atoms with E-state index in [1.54, 1.807) is 7.11 Å². The molecule has 5 heteroatoms. The molecule has 2 aromatic rings. The van der Waals surface area contributed by atoms with Gasteiger partial charge in [0.1, 0.15) is 5.75 Å². The van der Waals surface area contributed by atoms with Gasteiger partial charge in [0, 0.05) is 19.3 Å². The van der Waals surface area contributed by atoms with Gasteiger partial charge in [-0.3, -0.25) is 4.79 Å². The number of hydrogen-bond donors (Lipinski definition) is 2. The Morgan fingerprint density at radius 2 is 1.89 bits per heavy atom. The first-order chi connectivity index (χ1) is 13.6. The maximum absolute atomic E-state index is 13.0. The second kappa shape index (κ2) is 9.22. The van der Waals surface area contributed by atoms with Crippen molar-refractivity contribution in [2.24, 2.45) is 5.41 Å². The summed E-state index contributed by atoms with van der Waals surface area (Å²) >= 11 is 0. The van der Waals surface area contributed by atoms with Crippen LogP contribution < -0.4 is 10.1 Å². The molecule has 1 unspecified atom stereocenters. The van der Waals surface area contributed by atoms with E-state index >= 15 is 0 Å². The van der Waals surface area contributed by atoms with E-state index in [0.717, 1.165) is 22.4 Å². The van der Waals surface area contributed by atoms with E-state index < -0.39 is 5.41 Å². The molecule has 3 rings (SSSR count). The van der Waals surface area contributed by atoms with Gasteiger partial charge in [-0.05, 0) is 55.0 Å². The lowest BCUT2D eigenvalue weighted by Gasteiger charge is -2.36. The zero-order valence-electron chi connectivity index (χ0n) is 16.6. The molecule has 150 valence electrons. The summed E-state index contributed by atoms with van der Waals surface area (Å²) in [7, 11) is 1.66. The topological polar surface area (TPSA) is 67.8 Å². The van der Waals surface area contributed by atoms with E-state index in [9.17, 15) is 9.90 Å². The highest BCUT2D eigenvalue weighted by Gasteiger charge is 2.40. The highest BCUT2D eigenvalue weighted by Crippen LogP contribution is 2.36. The molecular formula is C23H29NO4. The number of nitrogens with one attached hydrogen (secondary N) is 1. The molecule has 1 heterocycles. The summed E-state index contributed by atoms with van der Waals surface area (Å²) in [6.07, 6.45) is 2.03. The molecule has 0 saturated carbocycles. The first kappa shape index (κ1) is 20.4. The third-order valence-electron chi connectivity index (χ3n) is 5.48. The molecule has 1 saturated heterocycles. The van der Waals surface area contributed by atoms with Crippen molar-refractivity contribution in [3.63, 3.8) is 0 Å². The molecule has 1 aliphatic heterocycles. The Balaban J connectivity index is 1.83. The molecule has 0 aromatic heterocycles. The fraction of sp³-hybridized carbons (Fsp3) is 0.435. The van der Waals surface area contributed by atoms with Gasteiger partial charge >= 0.3 is 0 Å². The van der Waals surface area contributed by atoms with Crippen LogP contribution in [-0.2, 0) is 16.0 Å². The Morgan fingerprint density at radius 1 is 1.18 bits per heavy atom. The van der Waals surface area contributed by atoms with E-state index in [1.165, 1.54) is 0 Å². The number of aliphatic hydroxyl groups excluding tert-OH is 1. The Bertz CT molecular complexity index is 781. The molecule has 0 radical (unpaired) electrons. The van der Waals surface area contributed by atoms with Crippen molar-refractivity contribution in [3.05, 3.63) is 54.1 Å². The second-order valence-electron chi connectivity index (χ2n) is 7.56. The quantitative estimate of drug-likeness (QED) is 0.771. The second-order valence-corrected chi connectivity index (χ2v) is 7.56. The maximum atomic E-state index is 13.0. The average Bonchev–Trinajstić information content (AvgIpc) is 2.74. The summed E-state index contributed by atoms with van der Waals surface area (Å²) < 4.78 is 10.8. The average molecular weight is 383 g/mol. The molecule has 1 aliphatic rings. The molecule has 2 N–H and O–H groups in total. The predicted molar refractivity (Wildman–Crippen MR) is 109 cm³/mol. The van der Waals surface area contributed by atoms with Gasteiger partial charge in [-0.1, -0.05) is 36.4 Å². The van der Waals surface area contributed by atoms with Crippen LogP contribution in [0.2, 0.25) is 0 Å². The third-order valence-corrected chi connectivity index (χ3v) is 5.48. The monoisotopic (exact) mass is 383 g/mol. The van der Waals surface area contributed by atoms with Crippen LogP contribution in [0.1, 0.15) is 25.3 Å². The van der Waals surface area contributed by atoms with Crippen molar-refractivity contribution in [3.8, 4) is 16.9 Å². The summed E-state index contributed by atoms with van der Waals surface area (Å²) in [6.45, 7) is 2.92. The van der Waals surface area contributed by atoms with Gasteiger partial charge in [0.2, 0.25) is 5.91 Å². The molecule has 28 heavy (non-hydrogen) atoms. The zero-order valence-corrected chi connectivity index (χ0v) is 16.6. The van der Waals surface area contributed by atoms with E-state index in [2.05, 4.69) is 23.5 Å². The van der Waals surface area contributed by atoms with E-state index in [1.807, 2.05) is 37.3 Å². The lowest BCUT2D eigenvalue weighted by atomic mass is 9.74. The normalized spacial score (nSPS) is 17.0. The number of rotatable bonds is 7. The standard InChI is InChI=1S/C23H29NO4/c1-17(16-25)24-22(26)23(10-12-28-13-11-23)15-18-4-3-5-20(14-18)19-6-8-21(27-2)9-7-19/h3-9,14,17,25H,10-13,15-16H2,1-2H3,(H,24,26). The summed E-state index contributed by atoms with van der Waals surface area (Å²) in [4.78, 5) is 13.0. The number of ether oxygens (including phenoxy) is 2. The van der Waals surface area contributed by atoms with Crippen molar-refractivity contribution in [1.82, 2.24) is 5.32 Å². The van der Waals surface area contributed by atoms with Gasteiger partial charge in [0.25, 0.3) is 0 Å². The van der Waals surface area contributed by atoms with Crippen molar-refractivity contribution < 1.29 is 19.4 Å². The van der Waals surface area contributed by atoms with Crippen LogP contribution in [0.3, 0.4) is 0 Å². The molecule has 1 fully saturated rings. The third kappa shape index (κ3) is 4.72. The highest BCUT2D eigenvalue weighted by atomic mass is 16.5. The fourth-order valence-corrected chi connectivity index (χ4v) is 3.70. The number of aliphatic hydroxyl groups is 1. The van der Waals surface area contributed by atoms with Crippen molar-refractivity contribution in [1.29, 1.82) is 0 Å². The Labute approximate surface area is 166 Å². The van der Waals surface area contributed by atoms with E-state index in [-0.39, 0.29) is 18.6 Å². The van der Waals surface area contributed by atoms with Gasteiger partial charge in [-0.15, -0.1) is 0 Å². The molecule has 0 spiro atoms. The van der Waals surface area contributed by atoms with Crippen molar-refractivity contribution >= 4 is 5.91 Å². The van der Waals surface area contributed by atoms with Gasteiger partial charge in [-0.2, -0.15) is 0 Å². The minimum atomic E-state index is -0.500. The van der Waals surface area contributed by atoms with Crippen LogP contribution in [0.25, 0.3) is 11.1 Å². The molecular weight excluding hydrogens is 354 g/mol. The van der Waals surface area contributed by atoms with Crippen molar-refractivity contribution in [2.75, 3.05) is 26.9 Å². The lowest BCUT2D eigenvalue weighted by Crippen LogP contribution is -2.49. The SMILES string of the molecule is COc1ccc(-c2cccc(CC3(C(=O)NC(C)CO)CCOCC3)c2)cc1. The minimum absolute atomic E-state index is 0.00667. The summed E-state index contributed by atoms with van der Waals surface area (Å²) in [5.41, 5.74) is 2.86. The van der Waals surface area contributed by atoms with Crippen LogP contribution in [-0.4, -0.2) is 44.0 Å². The first-order valence-corrected chi connectivity index (χ1v) is 9.79. The Hall–Kier alpha value is -2.37. The molecule has 1 amide bonds. The van der Waals surface area contributed by atoms with Crippen LogP contribution in [0.15, 0.2) is 48.5 Å². The molecule has 0 aliphatic carbocycles.